The van der Waals surface area contributed by atoms with E-state index in [1.807, 2.05) is 0 Å². The van der Waals surface area contributed by atoms with E-state index in [0.717, 1.165) is 32.1 Å². The van der Waals surface area contributed by atoms with E-state index < -0.39 is 21.5 Å². The fourth-order valence-electron chi connectivity index (χ4n) is 1.84. The minimum Gasteiger partial charge on any atom is -0.748 e. The van der Waals surface area contributed by atoms with E-state index in [2.05, 4.69) is 6.92 Å². The summed E-state index contributed by atoms with van der Waals surface area (Å²) in [6.45, 7) is 3.73. The number of aliphatic hydroxyl groups is 1. The molecule has 0 aromatic rings. The molecule has 0 heterocycles. The second-order valence-corrected chi connectivity index (χ2v) is 6.40. The summed E-state index contributed by atoms with van der Waals surface area (Å²) in [5.41, 5.74) is 0. The Bertz CT molecular complexity index is 278. The number of aliphatic hydroxyl groups excluding tert-OH is 1. The molecule has 2 atom stereocenters. The predicted octanol–water partition coefficient (Wildman–Crippen LogP) is -0.574. The van der Waals surface area contributed by atoms with E-state index in [9.17, 15) is 13.0 Å². The molecule has 104 valence electrons. The first-order valence-electron chi connectivity index (χ1n) is 6.50. The molecule has 0 saturated carbocycles. The van der Waals surface area contributed by atoms with E-state index in [0.29, 0.717) is 12.8 Å². The van der Waals surface area contributed by atoms with Crippen molar-refractivity contribution in [1.29, 1.82) is 0 Å². The molecule has 0 rings (SSSR count). The van der Waals surface area contributed by atoms with E-state index in [-0.39, 0.29) is 57.8 Å². The molecule has 2 unspecified atom stereocenters. The third-order valence-electron chi connectivity index (χ3n) is 2.94. The fourth-order valence-corrected chi connectivity index (χ4v) is 2.72. The van der Waals surface area contributed by atoms with Crippen LogP contribution in [-0.2, 0) is 10.1 Å². The van der Waals surface area contributed by atoms with Crippen molar-refractivity contribution >= 4 is 10.1 Å². The maximum atomic E-state index is 11.0. The average molecular weight is 304 g/mol. The van der Waals surface area contributed by atoms with Crippen molar-refractivity contribution in [3.8, 4) is 0 Å². The van der Waals surface area contributed by atoms with Gasteiger partial charge in [-0.3, -0.25) is 0 Å². The molecule has 18 heavy (non-hydrogen) atoms. The summed E-state index contributed by atoms with van der Waals surface area (Å²) in [6.07, 6.45) is 5.70. The van der Waals surface area contributed by atoms with E-state index in [4.69, 9.17) is 5.11 Å². The monoisotopic (exact) mass is 304 g/mol. The summed E-state index contributed by atoms with van der Waals surface area (Å²) >= 11 is 0. The first-order valence-corrected chi connectivity index (χ1v) is 7.97. The topological polar surface area (TPSA) is 77.4 Å². The molecule has 4 nitrogen and oxygen atoms in total. The normalized spacial score (nSPS) is 14.9. The van der Waals surface area contributed by atoms with E-state index >= 15 is 0 Å². The van der Waals surface area contributed by atoms with Gasteiger partial charge in [0, 0.05) is 5.25 Å². The molecular weight excluding hydrogens is 279 g/mol. The molecule has 0 aliphatic heterocycles. The summed E-state index contributed by atoms with van der Waals surface area (Å²) in [7, 11) is -4.21. The molecule has 0 aliphatic rings. The van der Waals surface area contributed by atoms with Crippen LogP contribution in [0.1, 0.15) is 65.2 Å². The predicted molar refractivity (Wildman–Crippen MR) is 67.8 cm³/mol. The summed E-state index contributed by atoms with van der Waals surface area (Å²) in [5.74, 6) is 0. The van der Waals surface area contributed by atoms with Gasteiger partial charge in [-0.25, -0.2) is 8.42 Å². The van der Waals surface area contributed by atoms with Gasteiger partial charge in [-0.15, -0.1) is 0 Å². The Morgan fingerprint density at radius 3 is 2.06 bits per heavy atom. The maximum absolute atomic E-state index is 11.0. The van der Waals surface area contributed by atoms with Gasteiger partial charge in [0.25, 0.3) is 0 Å². The number of unbranched alkanes of at least 4 members (excludes halogenated alkanes) is 4. The van der Waals surface area contributed by atoms with Gasteiger partial charge in [-0.2, -0.15) is 0 Å². The molecule has 6 heteroatoms. The first kappa shape index (κ1) is 21.8. The molecule has 1 N–H and O–H groups in total. The molecule has 0 spiro atoms. The van der Waals surface area contributed by atoms with Gasteiger partial charge < -0.3 is 9.66 Å². The third-order valence-corrected chi connectivity index (χ3v) is 4.23. The van der Waals surface area contributed by atoms with Crippen molar-refractivity contribution in [3.05, 3.63) is 0 Å². The van der Waals surface area contributed by atoms with Gasteiger partial charge in [0.2, 0.25) is 0 Å². The van der Waals surface area contributed by atoms with Gasteiger partial charge in [0.15, 0.2) is 0 Å². The number of rotatable bonds is 10. The van der Waals surface area contributed by atoms with Crippen LogP contribution in [0.25, 0.3) is 0 Å². The van der Waals surface area contributed by atoms with Gasteiger partial charge in [0.1, 0.15) is 0 Å². The van der Waals surface area contributed by atoms with Gasteiger partial charge in [-0.1, -0.05) is 39.0 Å². The Morgan fingerprint density at radius 1 is 1.06 bits per heavy atom. The van der Waals surface area contributed by atoms with Crippen molar-refractivity contribution in [3.63, 3.8) is 0 Å². The van der Waals surface area contributed by atoms with Crippen LogP contribution < -0.4 is 51.4 Å². The fraction of sp³-hybridized carbons (Fsp3) is 1.00. The Kier molecular flexibility index (Phi) is 14.9. The number of hydrogen-bond acceptors (Lipinski definition) is 4. The van der Waals surface area contributed by atoms with Crippen LogP contribution in [0.15, 0.2) is 0 Å². The molecule has 0 bridgehead atoms. The van der Waals surface area contributed by atoms with Gasteiger partial charge >= 0.3 is 51.4 Å². The smallest absolute Gasteiger partial charge is 0.748 e. The van der Waals surface area contributed by atoms with Crippen LogP contribution in [0.2, 0.25) is 0 Å². The third kappa shape index (κ3) is 12.5. The molecule has 0 radical (unpaired) electrons. The first-order chi connectivity index (χ1) is 7.88. The second kappa shape index (κ2) is 12.3. The Labute approximate surface area is 154 Å². The van der Waals surface area contributed by atoms with Crippen molar-refractivity contribution in [1.82, 2.24) is 0 Å². The summed E-state index contributed by atoms with van der Waals surface area (Å²) in [6, 6.07) is 0. The quantitative estimate of drug-likeness (QED) is 0.333. The molecule has 0 amide bonds. The molecule has 0 fully saturated rings. The van der Waals surface area contributed by atoms with Gasteiger partial charge in [-0.05, 0) is 26.2 Å². The maximum Gasteiger partial charge on any atom is 1.00 e. The number of hydrogen-bond donors (Lipinski definition) is 1. The summed E-state index contributed by atoms with van der Waals surface area (Å²) in [4.78, 5) is 0. The van der Waals surface area contributed by atoms with Crippen LogP contribution in [0.4, 0.5) is 0 Å². The van der Waals surface area contributed by atoms with E-state index in [1.54, 1.807) is 6.92 Å². The second-order valence-electron chi connectivity index (χ2n) is 4.74. The molecule has 0 aliphatic carbocycles. The van der Waals surface area contributed by atoms with Crippen molar-refractivity contribution in [2.75, 3.05) is 0 Å². The zero-order valence-electron chi connectivity index (χ0n) is 11.9. The van der Waals surface area contributed by atoms with E-state index in [1.165, 1.54) is 0 Å². The summed E-state index contributed by atoms with van der Waals surface area (Å²) < 4.78 is 33.1. The molecule has 0 aromatic heterocycles. The average Bonchev–Trinajstić information content (AvgIpc) is 2.19. The van der Waals surface area contributed by atoms with Crippen LogP contribution >= 0.6 is 0 Å². The van der Waals surface area contributed by atoms with Crippen molar-refractivity contribution in [2.24, 2.45) is 0 Å². The van der Waals surface area contributed by atoms with Gasteiger partial charge in [0.05, 0.1) is 16.2 Å². The minimum atomic E-state index is -4.21. The Balaban J connectivity index is 0. The zero-order chi connectivity index (χ0) is 13.3. The Hall–Kier alpha value is 1.51. The molecule has 0 aromatic carbocycles. The van der Waals surface area contributed by atoms with Crippen LogP contribution in [-0.4, -0.2) is 29.4 Å². The standard InChI is InChI=1S/C12H26O4S.K/c1-3-4-5-6-7-8-12(17(14,15)16)10-9-11(2)13;/h11-13H,3-10H2,1-2H3,(H,14,15,16);/q;+1/p-1. The minimum absolute atomic E-state index is 0. The largest absolute Gasteiger partial charge is 1.00 e. The zero-order valence-corrected chi connectivity index (χ0v) is 15.8. The molecular formula is C12H25KO4S. The summed E-state index contributed by atoms with van der Waals surface area (Å²) in [5, 5.41) is 8.29. The van der Waals surface area contributed by atoms with Crippen LogP contribution in [0.3, 0.4) is 0 Å². The van der Waals surface area contributed by atoms with Crippen molar-refractivity contribution < 1.29 is 69.5 Å². The SMILES string of the molecule is CCCCCCCC(CCC(C)O)S(=O)(=O)[O-].[K+]. The Morgan fingerprint density at radius 2 is 1.61 bits per heavy atom. The molecule has 0 saturated heterocycles. The van der Waals surface area contributed by atoms with Crippen LogP contribution in [0.5, 0.6) is 0 Å². The van der Waals surface area contributed by atoms with Crippen molar-refractivity contribution in [2.45, 2.75) is 76.6 Å². The van der Waals surface area contributed by atoms with Crippen LogP contribution in [0, 0.1) is 0 Å².